The normalized spacial score (nSPS) is 22.9. The molecule has 6 heteroatoms. The summed E-state index contributed by atoms with van der Waals surface area (Å²) in [7, 11) is -3.11. The van der Waals surface area contributed by atoms with E-state index in [1.165, 1.54) is 16.7 Å². The number of aliphatic hydroxyl groups is 1. The van der Waals surface area contributed by atoms with Gasteiger partial charge >= 0.3 is 0 Å². The first kappa shape index (κ1) is 15.9. The molecule has 0 radical (unpaired) electrons. The zero-order valence-corrected chi connectivity index (χ0v) is 13.9. The first-order valence-electron chi connectivity index (χ1n) is 6.97. The molecule has 0 saturated carbocycles. The average molecular weight is 317 g/mol. The van der Waals surface area contributed by atoms with Crippen molar-refractivity contribution in [3.05, 3.63) is 21.4 Å². The van der Waals surface area contributed by atoms with Crippen LogP contribution in [-0.4, -0.2) is 37.2 Å². The highest BCUT2D eigenvalue weighted by Crippen LogP contribution is 2.33. The van der Waals surface area contributed by atoms with Crippen molar-refractivity contribution in [2.75, 3.05) is 19.3 Å². The van der Waals surface area contributed by atoms with Crippen LogP contribution in [0.15, 0.2) is 6.07 Å². The van der Waals surface area contributed by atoms with Gasteiger partial charge in [0.15, 0.2) is 0 Å². The number of aliphatic hydroxyl groups excluding tert-OH is 1. The predicted molar refractivity (Wildman–Crippen MR) is 82.5 cm³/mol. The minimum Gasteiger partial charge on any atom is -0.388 e. The number of piperidine rings is 1. The third-order valence-electron chi connectivity index (χ3n) is 4.02. The molecule has 0 spiro atoms. The molecule has 2 unspecified atom stereocenters. The fraction of sp³-hybridized carbons (Fsp3) is 0.714. The second-order valence-electron chi connectivity index (χ2n) is 5.77. The smallest absolute Gasteiger partial charge is 0.211 e. The van der Waals surface area contributed by atoms with E-state index in [2.05, 4.69) is 6.92 Å². The van der Waals surface area contributed by atoms with Crippen molar-refractivity contribution in [3.8, 4) is 0 Å². The zero-order chi connectivity index (χ0) is 14.9. The highest BCUT2D eigenvalue weighted by Gasteiger charge is 2.28. The van der Waals surface area contributed by atoms with Crippen molar-refractivity contribution in [1.29, 1.82) is 0 Å². The van der Waals surface area contributed by atoms with Crippen LogP contribution in [0.5, 0.6) is 0 Å². The highest BCUT2D eigenvalue weighted by atomic mass is 32.2. The zero-order valence-electron chi connectivity index (χ0n) is 12.3. The molecule has 20 heavy (non-hydrogen) atoms. The molecule has 1 aliphatic rings. The van der Waals surface area contributed by atoms with Crippen molar-refractivity contribution in [2.24, 2.45) is 5.92 Å². The van der Waals surface area contributed by atoms with Gasteiger partial charge in [0.2, 0.25) is 10.0 Å². The van der Waals surface area contributed by atoms with Gasteiger partial charge < -0.3 is 5.11 Å². The topological polar surface area (TPSA) is 57.6 Å². The third-order valence-corrected chi connectivity index (χ3v) is 6.54. The molecule has 2 rings (SSSR count). The summed E-state index contributed by atoms with van der Waals surface area (Å²) in [5.41, 5.74) is 1.21. The Bertz CT molecular complexity index is 545. The van der Waals surface area contributed by atoms with Crippen LogP contribution in [0.1, 0.15) is 40.7 Å². The van der Waals surface area contributed by atoms with Crippen LogP contribution in [0.25, 0.3) is 0 Å². The second kappa shape index (κ2) is 6.13. The van der Waals surface area contributed by atoms with Gasteiger partial charge in [0.25, 0.3) is 0 Å². The Morgan fingerprint density at radius 2 is 2.20 bits per heavy atom. The fourth-order valence-electron chi connectivity index (χ4n) is 2.72. The van der Waals surface area contributed by atoms with Crippen LogP contribution < -0.4 is 0 Å². The van der Waals surface area contributed by atoms with E-state index in [1.54, 1.807) is 15.6 Å². The van der Waals surface area contributed by atoms with Crippen molar-refractivity contribution in [1.82, 2.24) is 4.31 Å². The van der Waals surface area contributed by atoms with Gasteiger partial charge in [0.1, 0.15) is 0 Å². The molecule has 0 aromatic carbocycles. The fourth-order valence-corrected chi connectivity index (χ4v) is 4.70. The summed E-state index contributed by atoms with van der Waals surface area (Å²) in [5.74, 6) is 0.246. The minimum absolute atomic E-state index is 0.246. The molecular weight excluding hydrogens is 294 g/mol. The van der Waals surface area contributed by atoms with Gasteiger partial charge in [-0.2, -0.15) is 0 Å². The maximum Gasteiger partial charge on any atom is 0.211 e. The molecule has 114 valence electrons. The van der Waals surface area contributed by atoms with Crippen LogP contribution in [0, 0.1) is 19.8 Å². The maximum absolute atomic E-state index is 11.6. The van der Waals surface area contributed by atoms with E-state index in [1.807, 2.05) is 13.0 Å². The Labute approximate surface area is 125 Å². The molecule has 1 aliphatic heterocycles. The minimum atomic E-state index is -3.11. The van der Waals surface area contributed by atoms with Crippen molar-refractivity contribution in [3.63, 3.8) is 0 Å². The Balaban J connectivity index is 1.99. The number of thiophene rings is 1. The summed E-state index contributed by atoms with van der Waals surface area (Å²) < 4.78 is 24.7. The molecule has 0 amide bonds. The first-order chi connectivity index (χ1) is 9.27. The Morgan fingerprint density at radius 1 is 1.50 bits per heavy atom. The lowest BCUT2D eigenvalue weighted by molar-refractivity contribution is 0.125. The van der Waals surface area contributed by atoms with E-state index in [-0.39, 0.29) is 5.92 Å². The molecule has 2 heterocycles. The summed E-state index contributed by atoms with van der Waals surface area (Å²) in [6.45, 7) is 5.26. The van der Waals surface area contributed by atoms with Gasteiger partial charge in [-0.25, -0.2) is 12.7 Å². The van der Waals surface area contributed by atoms with Gasteiger partial charge in [0, 0.05) is 22.8 Å². The number of hydrogen-bond donors (Lipinski definition) is 1. The monoisotopic (exact) mass is 317 g/mol. The SMILES string of the molecule is Cc1cc(C(O)CC2CCCN(S(C)(=O)=O)C2)sc1C. The van der Waals surface area contributed by atoms with Crippen LogP contribution >= 0.6 is 11.3 Å². The van der Waals surface area contributed by atoms with Crippen LogP contribution in [0.4, 0.5) is 0 Å². The third kappa shape index (κ3) is 3.81. The molecule has 1 N–H and O–H groups in total. The van der Waals surface area contributed by atoms with E-state index in [4.69, 9.17) is 0 Å². The first-order valence-corrected chi connectivity index (χ1v) is 9.64. The number of hydrogen-bond acceptors (Lipinski definition) is 4. The molecule has 1 aromatic heterocycles. The Morgan fingerprint density at radius 3 is 2.75 bits per heavy atom. The second-order valence-corrected chi connectivity index (χ2v) is 9.04. The molecule has 2 atom stereocenters. The summed E-state index contributed by atoms with van der Waals surface area (Å²) in [4.78, 5) is 2.23. The van der Waals surface area contributed by atoms with Gasteiger partial charge in [-0.05, 0) is 50.7 Å². The van der Waals surface area contributed by atoms with Crippen molar-refractivity contribution in [2.45, 2.75) is 39.2 Å². The highest BCUT2D eigenvalue weighted by molar-refractivity contribution is 7.88. The molecule has 1 aromatic rings. The molecule has 1 fully saturated rings. The molecule has 1 saturated heterocycles. The van der Waals surface area contributed by atoms with E-state index in [0.717, 1.165) is 17.7 Å². The largest absolute Gasteiger partial charge is 0.388 e. The average Bonchev–Trinajstić information content (AvgIpc) is 2.69. The molecular formula is C14H23NO3S2. The maximum atomic E-state index is 11.6. The number of nitrogens with zero attached hydrogens (tertiary/aromatic N) is 1. The van der Waals surface area contributed by atoms with Crippen molar-refractivity contribution >= 4 is 21.4 Å². The Kier molecular flexibility index (Phi) is 4.89. The van der Waals surface area contributed by atoms with Gasteiger partial charge in [0.05, 0.1) is 12.4 Å². The number of rotatable bonds is 4. The van der Waals surface area contributed by atoms with E-state index in [9.17, 15) is 13.5 Å². The molecule has 4 nitrogen and oxygen atoms in total. The summed E-state index contributed by atoms with van der Waals surface area (Å²) in [6, 6.07) is 2.04. The molecule has 0 aliphatic carbocycles. The molecule has 0 bridgehead atoms. The lowest BCUT2D eigenvalue weighted by atomic mass is 9.93. The van der Waals surface area contributed by atoms with E-state index >= 15 is 0 Å². The summed E-state index contributed by atoms with van der Waals surface area (Å²) in [5, 5.41) is 10.3. The van der Waals surface area contributed by atoms with Crippen molar-refractivity contribution < 1.29 is 13.5 Å². The van der Waals surface area contributed by atoms with Crippen LogP contribution in [0.3, 0.4) is 0 Å². The standard InChI is InChI=1S/C14H23NO3S2/c1-10-7-14(19-11(10)2)13(16)8-12-5-4-6-15(9-12)20(3,17)18/h7,12-13,16H,4-6,8-9H2,1-3H3. The number of aryl methyl sites for hydroxylation is 2. The van der Waals surface area contributed by atoms with Crippen LogP contribution in [-0.2, 0) is 10.0 Å². The van der Waals surface area contributed by atoms with Gasteiger partial charge in [-0.3, -0.25) is 0 Å². The van der Waals surface area contributed by atoms with E-state index < -0.39 is 16.1 Å². The number of sulfonamides is 1. The van der Waals surface area contributed by atoms with E-state index in [0.29, 0.717) is 19.5 Å². The predicted octanol–water partition coefficient (Wildman–Crippen LogP) is 2.46. The van der Waals surface area contributed by atoms with Crippen LogP contribution in [0.2, 0.25) is 0 Å². The Hall–Kier alpha value is -0.430. The summed E-state index contributed by atoms with van der Waals surface area (Å²) >= 11 is 1.64. The van der Waals surface area contributed by atoms with Gasteiger partial charge in [-0.15, -0.1) is 11.3 Å². The quantitative estimate of drug-likeness (QED) is 0.928. The lowest BCUT2D eigenvalue weighted by Gasteiger charge is -2.31. The van der Waals surface area contributed by atoms with Gasteiger partial charge in [-0.1, -0.05) is 0 Å². The summed E-state index contributed by atoms with van der Waals surface area (Å²) in [6.07, 6.45) is 3.31. The lowest BCUT2D eigenvalue weighted by Crippen LogP contribution is -2.39.